The summed E-state index contributed by atoms with van der Waals surface area (Å²) in [6, 6.07) is 12.4. The van der Waals surface area contributed by atoms with Gasteiger partial charge in [0.1, 0.15) is 5.75 Å². The minimum absolute atomic E-state index is 0.0402. The molecular formula is C20H21NO6S. The minimum Gasteiger partial charge on any atom is -0.423 e. The van der Waals surface area contributed by atoms with Crippen molar-refractivity contribution in [3.63, 3.8) is 0 Å². The molecule has 2 rings (SSSR count). The summed E-state index contributed by atoms with van der Waals surface area (Å²) in [6.45, 7) is 6.59. The van der Waals surface area contributed by atoms with Crippen LogP contribution in [-0.4, -0.2) is 26.9 Å². The SMILES string of the molecule is C=C(C)C(=O)Oc1ccc(NC(=O)CCOS(=O)(=O)c2ccc(C)cc2)cc1. The van der Waals surface area contributed by atoms with Crippen LogP contribution in [0, 0.1) is 6.92 Å². The molecule has 0 unspecified atom stereocenters. The number of carbonyl (C=O) groups excluding carboxylic acids is 2. The molecule has 1 amide bonds. The summed E-state index contributed by atoms with van der Waals surface area (Å²) in [5.41, 5.74) is 1.68. The second-order valence-electron chi connectivity index (χ2n) is 6.08. The molecule has 0 radical (unpaired) electrons. The van der Waals surface area contributed by atoms with Gasteiger partial charge in [0.05, 0.1) is 17.9 Å². The Labute approximate surface area is 164 Å². The molecule has 28 heavy (non-hydrogen) atoms. The Balaban J connectivity index is 1.83. The topological polar surface area (TPSA) is 98.8 Å². The first kappa shape index (κ1) is 21.3. The molecule has 8 heteroatoms. The second kappa shape index (κ2) is 9.29. The van der Waals surface area contributed by atoms with Gasteiger partial charge in [0.2, 0.25) is 5.91 Å². The maximum Gasteiger partial charge on any atom is 0.338 e. The summed E-state index contributed by atoms with van der Waals surface area (Å²) < 4.78 is 34.1. The highest BCUT2D eigenvalue weighted by atomic mass is 32.2. The van der Waals surface area contributed by atoms with Crippen molar-refractivity contribution >= 4 is 27.7 Å². The lowest BCUT2D eigenvalue weighted by molar-refractivity contribution is -0.130. The highest BCUT2D eigenvalue weighted by Gasteiger charge is 2.15. The van der Waals surface area contributed by atoms with E-state index in [0.717, 1.165) is 5.56 Å². The number of ether oxygens (including phenoxy) is 1. The Morgan fingerprint density at radius 2 is 1.64 bits per heavy atom. The zero-order valence-electron chi connectivity index (χ0n) is 15.6. The van der Waals surface area contributed by atoms with Gasteiger partial charge >= 0.3 is 5.97 Å². The summed E-state index contributed by atoms with van der Waals surface area (Å²) in [5.74, 6) is -0.631. The second-order valence-corrected chi connectivity index (χ2v) is 7.70. The standard InChI is InChI=1S/C20H21NO6S/c1-14(2)20(23)27-17-8-6-16(7-9-17)21-19(22)12-13-26-28(24,25)18-10-4-15(3)5-11-18/h4-11H,1,12-13H2,2-3H3,(H,21,22). The molecule has 148 valence electrons. The van der Waals surface area contributed by atoms with Crippen molar-refractivity contribution in [3.8, 4) is 5.75 Å². The monoisotopic (exact) mass is 403 g/mol. The van der Waals surface area contributed by atoms with Crippen LogP contribution in [-0.2, 0) is 23.9 Å². The number of hydrogen-bond acceptors (Lipinski definition) is 6. The Morgan fingerprint density at radius 1 is 1.04 bits per heavy atom. The van der Waals surface area contributed by atoms with Crippen LogP contribution in [0.15, 0.2) is 65.6 Å². The highest BCUT2D eigenvalue weighted by molar-refractivity contribution is 7.86. The van der Waals surface area contributed by atoms with Crippen molar-refractivity contribution < 1.29 is 26.9 Å². The Kier molecular flexibility index (Phi) is 7.08. The van der Waals surface area contributed by atoms with Gasteiger partial charge in [-0.2, -0.15) is 8.42 Å². The Bertz CT molecular complexity index is 963. The van der Waals surface area contributed by atoms with Crippen molar-refractivity contribution in [2.75, 3.05) is 11.9 Å². The quantitative estimate of drug-likeness (QED) is 0.314. The molecule has 7 nitrogen and oxygen atoms in total. The van der Waals surface area contributed by atoms with Crippen LogP contribution in [0.25, 0.3) is 0 Å². The lowest BCUT2D eigenvalue weighted by Crippen LogP contribution is -2.16. The van der Waals surface area contributed by atoms with Crippen LogP contribution >= 0.6 is 0 Å². The van der Waals surface area contributed by atoms with Crippen LogP contribution in [0.2, 0.25) is 0 Å². The van der Waals surface area contributed by atoms with Gasteiger partial charge in [0.25, 0.3) is 10.1 Å². The maximum absolute atomic E-state index is 12.1. The third-order valence-corrected chi connectivity index (χ3v) is 4.90. The molecule has 0 saturated heterocycles. The molecular weight excluding hydrogens is 382 g/mol. The number of anilines is 1. The van der Waals surface area contributed by atoms with E-state index < -0.39 is 22.0 Å². The van der Waals surface area contributed by atoms with Crippen molar-refractivity contribution in [1.29, 1.82) is 0 Å². The molecule has 0 aliphatic heterocycles. The first-order chi connectivity index (χ1) is 13.2. The summed E-state index contributed by atoms with van der Waals surface area (Å²) in [4.78, 5) is 23.4. The zero-order valence-corrected chi connectivity index (χ0v) is 16.4. The molecule has 0 aromatic heterocycles. The van der Waals surface area contributed by atoms with Crippen molar-refractivity contribution in [3.05, 3.63) is 66.2 Å². The number of hydrogen-bond donors (Lipinski definition) is 1. The van der Waals surface area contributed by atoms with Crippen LogP contribution in [0.3, 0.4) is 0 Å². The van der Waals surface area contributed by atoms with Crippen LogP contribution in [0.1, 0.15) is 18.9 Å². The largest absolute Gasteiger partial charge is 0.423 e. The van der Waals surface area contributed by atoms with Crippen LogP contribution in [0.4, 0.5) is 5.69 Å². The number of esters is 1. The molecule has 2 aromatic carbocycles. The van der Waals surface area contributed by atoms with Crippen LogP contribution in [0.5, 0.6) is 5.75 Å². The van der Waals surface area contributed by atoms with Crippen molar-refractivity contribution in [2.24, 2.45) is 0 Å². The van der Waals surface area contributed by atoms with E-state index >= 15 is 0 Å². The zero-order chi connectivity index (χ0) is 20.7. The number of rotatable bonds is 8. The molecule has 0 aliphatic carbocycles. The Morgan fingerprint density at radius 3 is 2.21 bits per heavy atom. The number of amides is 1. The molecule has 0 aliphatic rings. The van der Waals surface area contributed by atoms with Crippen LogP contribution < -0.4 is 10.1 Å². The summed E-state index contributed by atoms with van der Waals surface area (Å²) in [5, 5.41) is 2.61. The predicted molar refractivity (Wildman–Crippen MR) is 104 cm³/mol. The van der Waals surface area contributed by atoms with Gasteiger partial charge in [-0.15, -0.1) is 0 Å². The van der Waals surface area contributed by atoms with Gasteiger partial charge in [-0.3, -0.25) is 8.98 Å². The van der Waals surface area contributed by atoms with Gasteiger partial charge < -0.3 is 10.1 Å². The Hall–Kier alpha value is -2.97. The van der Waals surface area contributed by atoms with E-state index in [0.29, 0.717) is 11.4 Å². The third kappa shape index (κ3) is 6.33. The third-order valence-electron chi connectivity index (χ3n) is 3.57. The first-order valence-corrected chi connectivity index (χ1v) is 9.82. The predicted octanol–water partition coefficient (Wildman–Crippen LogP) is 3.21. The van der Waals surface area contributed by atoms with E-state index in [2.05, 4.69) is 11.9 Å². The smallest absolute Gasteiger partial charge is 0.338 e. The van der Waals surface area contributed by atoms with Crippen molar-refractivity contribution in [2.45, 2.75) is 25.2 Å². The normalized spacial score (nSPS) is 10.9. The molecule has 0 fully saturated rings. The van der Waals surface area contributed by atoms with E-state index in [1.807, 2.05) is 6.92 Å². The number of nitrogens with one attached hydrogen (secondary N) is 1. The summed E-state index contributed by atoms with van der Waals surface area (Å²) in [7, 11) is -3.91. The average molecular weight is 403 g/mol. The molecule has 0 atom stereocenters. The number of benzene rings is 2. The number of aryl methyl sites for hydroxylation is 1. The van der Waals surface area contributed by atoms with Gasteiger partial charge in [-0.25, -0.2) is 4.79 Å². The summed E-state index contributed by atoms with van der Waals surface area (Å²) in [6.07, 6.45) is -0.141. The maximum atomic E-state index is 12.1. The lowest BCUT2D eigenvalue weighted by Gasteiger charge is -2.08. The highest BCUT2D eigenvalue weighted by Crippen LogP contribution is 2.17. The van der Waals surface area contributed by atoms with Gasteiger partial charge in [0, 0.05) is 11.3 Å². The van der Waals surface area contributed by atoms with E-state index in [-0.39, 0.29) is 23.5 Å². The van der Waals surface area contributed by atoms with E-state index in [1.165, 1.54) is 31.2 Å². The number of carbonyl (C=O) groups is 2. The molecule has 0 heterocycles. The fourth-order valence-electron chi connectivity index (χ4n) is 2.04. The summed E-state index contributed by atoms with van der Waals surface area (Å²) >= 11 is 0. The molecule has 1 N–H and O–H groups in total. The van der Waals surface area contributed by atoms with Gasteiger partial charge in [0.15, 0.2) is 0 Å². The lowest BCUT2D eigenvalue weighted by atomic mass is 10.2. The van der Waals surface area contributed by atoms with Gasteiger partial charge in [-0.05, 0) is 50.2 Å². The van der Waals surface area contributed by atoms with E-state index in [9.17, 15) is 18.0 Å². The average Bonchev–Trinajstić information content (AvgIpc) is 2.63. The van der Waals surface area contributed by atoms with Crippen molar-refractivity contribution in [1.82, 2.24) is 0 Å². The minimum atomic E-state index is -3.91. The van der Waals surface area contributed by atoms with E-state index in [4.69, 9.17) is 8.92 Å². The van der Waals surface area contributed by atoms with E-state index in [1.54, 1.807) is 24.3 Å². The fourth-order valence-corrected chi connectivity index (χ4v) is 2.95. The fraction of sp³-hybridized carbons (Fsp3) is 0.200. The van der Waals surface area contributed by atoms with Gasteiger partial charge in [-0.1, -0.05) is 24.3 Å². The first-order valence-electron chi connectivity index (χ1n) is 8.41. The molecule has 0 bridgehead atoms. The molecule has 0 saturated carbocycles. The molecule has 0 spiro atoms. The molecule has 2 aromatic rings.